The molecule has 1 fully saturated rings. The molecule has 1 saturated carbocycles. The van der Waals surface area contributed by atoms with Gasteiger partial charge in [0.2, 0.25) is 0 Å². The lowest BCUT2D eigenvalue weighted by Crippen LogP contribution is -2.45. The molecule has 0 bridgehead atoms. The smallest absolute Gasteiger partial charge is 0.256 e. The molecule has 1 atom stereocenters. The molecule has 0 unspecified atom stereocenters. The number of carbonyl (C=O) groups is 1. The van der Waals surface area contributed by atoms with Crippen molar-refractivity contribution in [3.05, 3.63) is 30.5 Å². The predicted octanol–water partition coefficient (Wildman–Crippen LogP) is 4.56. The zero-order valence-electron chi connectivity index (χ0n) is 16.0. The van der Waals surface area contributed by atoms with Gasteiger partial charge in [-0.25, -0.2) is 0 Å². The second-order valence-corrected chi connectivity index (χ2v) is 7.36. The Labute approximate surface area is 155 Å². The fourth-order valence-corrected chi connectivity index (χ4v) is 3.17. The van der Waals surface area contributed by atoms with Gasteiger partial charge in [0.15, 0.2) is 0 Å². The lowest BCUT2D eigenvalue weighted by Gasteiger charge is -2.29. The maximum Gasteiger partial charge on any atom is 0.256 e. The van der Waals surface area contributed by atoms with Crippen LogP contribution in [-0.4, -0.2) is 29.2 Å². The largest absolute Gasteiger partial charge is 0.489 e. The van der Waals surface area contributed by atoms with Crippen molar-refractivity contribution < 1.29 is 14.3 Å². The molecule has 1 aromatic heterocycles. The van der Waals surface area contributed by atoms with Crippen LogP contribution in [-0.2, 0) is 9.53 Å². The van der Waals surface area contributed by atoms with Crippen LogP contribution in [0.4, 0.5) is 5.69 Å². The third-order valence-electron chi connectivity index (χ3n) is 4.76. The maximum atomic E-state index is 13.0. The summed E-state index contributed by atoms with van der Waals surface area (Å²) in [4.78, 5) is 17.5. The number of hydrogen-bond acceptors (Lipinski definition) is 4. The number of fused-ring (bicyclic) bond motifs is 1. The standard InChI is InChI=1S/C21H28N2O3/c1-5-13-25-21(4,15-8-9-15)20(24)23-17-10-11-18(26-14(2)3)19-16(17)7-6-12-22-19/h6-7,10-12,14-15H,5,8-9,13H2,1-4H3,(H,23,24)/t21-/m1/s1. The van der Waals surface area contributed by atoms with E-state index in [9.17, 15) is 4.79 Å². The quantitative estimate of drug-likeness (QED) is 0.753. The van der Waals surface area contributed by atoms with E-state index in [0.29, 0.717) is 12.5 Å². The van der Waals surface area contributed by atoms with E-state index >= 15 is 0 Å². The molecular formula is C21H28N2O3. The summed E-state index contributed by atoms with van der Waals surface area (Å²) in [6, 6.07) is 7.57. The van der Waals surface area contributed by atoms with Gasteiger partial charge >= 0.3 is 0 Å². The number of anilines is 1. The topological polar surface area (TPSA) is 60.5 Å². The number of nitrogens with one attached hydrogen (secondary N) is 1. The number of pyridine rings is 1. The maximum absolute atomic E-state index is 13.0. The van der Waals surface area contributed by atoms with Crippen molar-refractivity contribution >= 4 is 22.5 Å². The summed E-state index contributed by atoms with van der Waals surface area (Å²) in [6.07, 6.45) is 4.76. The van der Waals surface area contributed by atoms with E-state index in [2.05, 4.69) is 17.2 Å². The first kappa shape index (κ1) is 18.6. The number of nitrogens with zero attached hydrogens (tertiary/aromatic N) is 1. The molecule has 5 heteroatoms. The van der Waals surface area contributed by atoms with Gasteiger partial charge in [-0.1, -0.05) is 6.92 Å². The van der Waals surface area contributed by atoms with Crippen molar-refractivity contribution in [1.29, 1.82) is 0 Å². The van der Waals surface area contributed by atoms with Crippen molar-refractivity contribution in [2.45, 2.75) is 58.7 Å². The normalized spacial score (nSPS) is 16.5. The zero-order chi connectivity index (χ0) is 18.7. The zero-order valence-corrected chi connectivity index (χ0v) is 16.0. The summed E-state index contributed by atoms with van der Waals surface area (Å²) >= 11 is 0. The summed E-state index contributed by atoms with van der Waals surface area (Å²) in [5.41, 5.74) is 0.709. The Hall–Kier alpha value is -2.14. The van der Waals surface area contributed by atoms with Gasteiger partial charge in [-0.15, -0.1) is 0 Å². The Morgan fingerprint density at radius 1 is 1.35 bits per heavy atom. The number of carbonyl (C=O) groups excluding carboxylic acids is 1. The molecular weight excluding hydrogens is 328 g/mol. The molecule has 0 spiro atoms. The fraction of sp³-hybridized carbons (Fsp3) is 0.524. The molecule has 140 valence electrons. The van der Waals surface area contributed by atoms with Gasteiger partial charge < -0.3 is 14.8 Å². The number of amides is 1. The number of aromatic nitrogens is 1. The third-order valence-corrected chi connectivity index (χ3v) is 4.76. The van der Waals surface area contributed by atoms with Crippen molar-refractivity contribution in [2.24, 2.45) is 5.92 Å². The van der Waals surface area contributed by atoms with E-state index in [-0.39, 0.29) is 12.0 Å². The van der Waals surface area contributed by atoms with E-state index in [1.54, 1.807) is 6.20 Å². The van der Waals surface area contributed by atoms with Crippen LogP contribution in [0.3, 0.4) is 0 Å². The van der Waals surface area contributed by atoms with Crippen molar-refractivity contribution in [1.82, 2.24) is 4.98 Å². The monoisotopic (exact) mass is 356 g/mol. The Kier molecular flexibility index (Phi) is 5.47. The summed E-state index contributed by atoms with van der Waals surface area (Å²) in [7, 11) is 0. The van der Waals surface area contributed by atoms with Gasteiger partial charge in [-0.2, -0.15) is 0 Å². The highest BCUT2D eigenvalue weighted by Gasteiger charge is 2.48. The number of ether oxygens (including phenoxy) is 2. The third kappa shape index (κ3) is 3.83. The summed E-state index contributed by atoms with van der Waals surface area (Å²) in [5, 5.41) is 3.94. The van der Waals surface area contributed by atoms with E-state index in [1.165, 1.54) is 0 Å². The Morgan fingerprint density at radius 2 is 2.12 bits per heavy atom. The molecule has 1 N–H and O–H groups in total. The van der Waals surface area contributed by atoms with E-state index in [1.807, 2.05) is 45.0 Å². The average molecular weight is 356 g/mol. The highest BCUT2D eigenvalue weighted by molar-refractivity contribution is 6.05. The van der Waals surface area contributed by atoms with Crippen LogP contribution in [0.1, 0.15) is 47.0 Å². The molecule has 1 amide bonds. The van der Waals surface area contributed by atoms with Gasteiger partial charge in [-0.3, -0.25) is 9.78 Å². The molecule has 3 rings (SSSR count). The van der Waals surface area contributed by atoms with Gasteiger partial charge in [-0.05, 0) is 70.2 Å². The minimum atomic E-state index is -0.780. The van der Waals surface area contributed by atoms with Crippen LogP contribution < -0.4 is 10.1 Å². The summed E-state index contributed by atoms with van der Waals surface area (Å²) in [5.74, 6) is 0.930. The lowest BCUT2D eigenvalue weighted by atomic mass is 9.98. The number of hydrogen-bond donors (Lipinski definition) is 1. The molecule has 1 aliphatic carbocycles. The minimum absolute atomic E-state index is 0.0567. The van der Waals surface area contributed by atoms with Crippen LogP contribution in [0, 0.1) is 5.92 Å². The van der Waals surface area contributed by atoms with Crippen molar-refractivity contribution in [3.8, 4) is 5.75 Å². The molecule has 1 heterocycles. The molecule has 1 aliphatic rings. The van der Waals surface area contributed by atoms with Gasteiger partial charge in [0.25, 0.3) is 5.91 Å². The average Bonchev–Trinajstić information content (AvgIpc) is 3.47. The van der Waals surface area contributed by atoms with Crippen molar-refractivity contribution in [3.63, 3.8) is 0 Å². The first-order chi connectivity index (χ1) is 12.5. The number of benzene rings is 1. The molecule has 0 saturated heterocycles. The van der Waals surface area contributed by atoms with Crippen molar-refractivity contribution in [2.75, 3.05) is 11.9 Å². The second kappa shape index (κ2) is 7.62. The summed E-state index contributed by atoms with van der Waals surface area (Å²) < 4.78 is 11.8. The Balaban J connectivity index is 1.89. The highest BCUT2D eigenvalue weighted by Crippen LogP contribution is 2.43. The fourth-order valence-electron chi connectivity index (χ4n) is 3.17. The van der Waals surface area contributed by atoms with Crippen LogP contribution in [0.5, 0.6) is 5.75 Å². The van der Waals surface area contributed by atoms with Crippen LogP contribution >= 0.6 is 0 Å². The Morgan fingerprint density at radius 3 is 2.77 bits per heavy atom. The first-order valence-electron chi connectivity index (χ1n) is 9.45. The number of rotatable bonds is 8. The first-order valence-corrected chi connectivity index (χ1v) is 9.45. The lowest BCUT2D eigenvalue weighted by molar-refractivity contribution is -0.142. The van der Waals surface area contributed by atoms with E-state index in [4.69, 9.17) is 9.47 Å². The van der Waals surface area contributed by atoms with Crippen LogP contribution in [0.25, 0.3) is 10.9 Å². The van der Waals surface area contributed by atoms with E-state index in [0.717, 1.165) is 41.6 Å². The Bertz CT molecular complexity index is 786. The molecule has 5 nitrogen and oxygen atoms in total. The van der Waals surface area contributed by atoms with Gasteiger partial charge in [0, 0.05) is 18.2 Å². The molecule has 26 heavy (non-hydrogen) atoms. The second-order valence-electron chi connectivity index (χ2n) is 7.36. The SMILES string of the molecule is CCCO[C@@](C)(C(=O)Nc1ccc(OC(C)C)c2ncccc12)C1CC1. The van der Waals surface area contributed by atoms with Crippen LogP contribution in [0.15, 0.2) is 30.5 Å². The van der Waals surface area contributed by atoms with Gasteiger partial charge in [0.05, 0.1) is 11.8 Å². The van der Waals surface area contributed by atoms with E-state index < -0.39 is 5.60 Å². The highest BCUT2D eigenvalue weighted by atomic mass is 16.5. The molecule has 0 aliphatic heterocycles. The van der Waals surface area contributed by atoms with Crippen LogP contribution in [0.2, 0.25) is 0 Å². The molecule has 1 aromatic carbocycles. The predicted molar refractivity (Wildman–Crippen MR) is 104 cm³/mol. The molecule has 2 aromatic rings. The summed E-state index contributed by atoms with van der Waals surface area (Å²) in [6.45, 7) is 8.52. The molecule has 0 radical (unpaired) electrons. The minimum Gasteiger partial charge on any atom is -0.489 e. The van der Waals surface area contributed by atoms with Gasteiger partial charge in [0.1, 0.15) is 16.9 Å².